The van der Waals surface area contributed by atoms with Crippen LogP contribution in [0, 0.1) is 55.4 Å². The van der Waals surface area contributed by atoms with Crippen LogP contribution >= 0.6 is 0 Å². The minimum atomic E-state index is -1.73. The van der Waals surface area contributed by atoms with Crippen LogP contribution in [-0.2, 0) is 38.6 Å². The second-order valence-electron chi connectivity index (χ2n) is 18.6. The molecule has 0 fully saturated rings. The molecular weight excluding hydrogens is 801 g/mol. The van der Waals surface area contributed by atoms with Gasteiger partial charge in [-0.3, -0.25) is 0 Å². The van der Waals surface area contributed by atoms with Crippen LogP contribution in [0.25, 0.3) is 44.5 Å². The largest absolute Gasteiger partial charge is 0.466 e. The molecule has 64 heavy (non-hydrogen) atoms. The zero-order valence-corrected chi connectivity index (χ0v) is 40.6. The van der Waals surface area contributed by atoms with Crippen LogP contribution in [0.3, 0.4) is 0 Å². The Morgan fingerprint density at radius 1 is 0.500 bits per heavy atom. The number of carbonyl (C=O) groups is 1. The molecular formula is C60H62O3S. The Balaban J connectivity index is 1.60. The molecule has 0 aliphatic rings. The fourth-order valence-corrected chi connectivity index (χ4v) is 10.9. The van der Waals surface area contributed by atoms with Crippen molar-refractivity contribution in [3.8, 4) is 44.5 Å². The number of hydrogen-bond donors (Lipinski definition) is 0. The number of rotatable bonds is 11. The summed E-state index contributed by atoms with van der Waals surface area (Å²) in [5.41, 5.74) is 24.4. The number of carbonyl (C=O) groups excluding carboxylic acids is 1. The van der Waals surface area contributed by atoms with Gasteiger partial charge >= 0.3 is 5.97 Å². The predicted octanol–water partition coefficient (Wildman–Crippen LogP) is 15.1. The van der Waals surface area contributed by atoms with Crippen LogP contribution in [0.15, 0.2) is 138 Å². The van der Waals surface area contributed by atoms with E-state index in [-0.39, 0.29) is 5.41 Å². The van der Waals surface area contributed by atoms with E-state index in [1.165, 1.54) is 96.5 Å². The number of aryl methyl sites for hydroxylation is 8. The molecule has 0 radical (unpaired) electrons. The van der Waals surface area contributed by atoms with Crippen LogP contribution < -0.4 is 0 Å². The zero-order chi connectivity index (χ0) is 46.0. The molecule has 0 amide bonds. The molecule has 0 N–H and O–H groups in total. The van der Waals surface area contributed by atoms with Crippen molar-refractivity contribution in [2.75, 3.05) is 7.11 Å². The topological polar surface area (TPSA) is 43.4 Å². The lowest BCUT2D eigenvalue weighted by atomic mass is 9.79. The van der Waals surface area contributed by atoms with Crippen LogP contribution in [0.2, 0.25) is 0 Å². The van der Waals surface area contributed by atoms with Gasteiger partial charge in [-0.15, -0.1) is 0 Å². The fourth-order valence-electron chi connectivity index (χ4n) is 9.79. The Kier molecular flexibility index (Phi) is 13.6. The third-order valence-electron chi connectivity index (χ3n) is 12.9. The molecule has 1 atom stereocenters. The summed E-state index contributed by atoms with van der Waals surface area (Å²) in [6.07, 6.45) is 2.33. The van der Waals surface area contributed by atoms with Gasteiger partial charge in [-0.1, -0.05) is 142 Å². The van der Waals surface area contributed by atoms with Crippen molar-refractivity contribution < 1.29 is 13.7 Å². The molecule has 0 saturated heterocycles. The van der Waals surface area contributed by atoms with Gasteiger partial charge < -0.3 is 4.74 Å². The molecule has 1 unspecified atom stereocenters. The van der Waals surface area contributed by atoms with Crippen LogP contribution in [0.1, 0.15) is 93.1 Å². The molecule has 0 saturated carbocycles. The maximum atomic E-state index is 15.3. The zero-order valence-electron chi connectivity index (χ0n) is 39.7. The summed E-state index contributed by atoms with van der Waals surface area (Å²) in [6.45, 7) is 24.3. The summed E-state index contributed by atoms with van der Waals surface area (Å²) in [5.74, 6) is -0.543. The Labute approximate surface area is 384 Å². The maximum Gasteiger partial charge on any atom is 0.331 e. The minimum Gasteiger partial charge on any atom is -0.466 e. The van der Waals surface area contributed by atoms with Gasteiger partial charge in [0.25, 0.3) is 0 Å². The molecule has 0 heterocycles. The molecule has 326 valence electrons. The average molecular weight is 863 g/mol. The van der Waals surface area contributed by atoms with E-state index in [0.717, 1.165) is 43.8 Å². The highest BCUT2D eigenvalue weighted by Gasteiger charge is 2.27. The Morgan fingerprint density at radius 2 is 0.781 bits per heavy atom. The van der Waals surface area contributed by atoms with E-state index in [2.05, 4.69) is 197 Å². The van der Waals surface area contributed by atoms with E-state index in [1.54, 1.807) is 0 Å². The second-order valence-corrected chi connectivity index (χ2v) is 19.9. The molecule has 0 bridgehead atoms. The molecule has 0 aliphatic heterocycles. The first-order chi connectivity index (χ1) is 30.5. The fraction of sp³-hybridized carbons (Fsp3) is 0.250. The van der Waals surface area contributed by atoms with E-state index < -0.39 is 16.8 Å². The standard InChI is InChI=1S/C60H62O3S/c1-37-19-13-20-38(2)55(37)48-27-17-28-49(56-39(3)21-14-22-40(56)4)52(48)35-45-33-47(60(9,10)11)34-46(59(45)64(62)32-31-54(61)63-12)36-53-50(57-41(5)23-15-24-42(57)6)29-18-30-51(53)58-43(7)25-16-26-44(58)8/h13-34H,35-36H2,1-12H3/b32-31+. The first-order valence-electron chi connectivity index (χ1n) is 22.3. The molecule has 7 aromatic carbocycles. The lowest BCUT2D eigenvalue weighted by Crippen LogP contribution is -2.15. The maximum absolute atomic E-state index is 15.3. The Bertz CT molecular complexity index is 2580. The van der Waals surface area contributed by atoms with Gasteiger partial charge in [-0.25, -0.2) is 9.00 Å². The van der Waals surface area contributed by atoms with E-state index in [0.29, 0.717) is 12.8 Å². The number of benzene rings is 7. The van der Waals surface area contributed by atoms with Gasteiger partial charge in [0.05, 0.1) is 22.8 Å². The SMILES string of the molecule is COC(=O)/C=C/S(=O)c1c(Cc2c(-c3c(C)cccc3C)cccc2-c2c(C)cccc2C)cc(C(C)(C)C)cc1Cc1c(-c2c(C)cccc2C)cccc1-c1c(C)cccc1C. The molecule has 0 aromatic heterocycles. The molecule has 0 spiro atoms. The van der Waals surface area contributed by atoms with Crippen molar-refractivity contribution in [1.82, 2.24) is 0 Å². The summed E-state index contributed by atoms with van der Waals surface area (Å²) < 4.78 is 20.4. The quantitative estimate of drug-likeness (QED) is 0.0961. The minimum absolute atomic E-state index is 0.242. The summed E-state index contributed by atoms with van der Waals surface area (Å²) >= 11 is 0. The van der Waals surface area contributed by atoms with Gasteiger partial charge in [0.1, 0.15) is 0 Å². The lowest BCUT2D eigenvalue weighted by Gasteiger charge is -2.27. The van der Waals surface area contributed by atoms with Crippen molar-refractivity contribution >= 4 is 16.8 Å². The first-order valence-corrected chi connectivity index (χ1v) is 23.5. The van der Waals surface area contributed by atoms with E-state index in [9.17, 15) is 4.79 Å². The van der Waals surface area contributed by atoms with Gasteiger partial charge in [-0.2, -0.15) is 0 Å². The van der Waals surface area contributed by atoms with Crippen molar-refractivity contribution in [2.45, 2.75) is 99.3 Å². The lowest BCUT2D eigenvalue weighted by molar-refractivity contribution is -0.134. The second kappa shape index (κ2) is 18.9. The molecule has 3 nitrogen and oxygen atoms in total. The van der Waals surface area contributed by atoms with E-state index >= 15 is 4.21 Å². The highest BCUT2D eigenvalue weighted by atomic mass is 32.2. The number of ether oxygens (including phenoxy) is 1. The van der Waals surface area contributed by atoms with Crippen molar-refractivity contribution in [3.63, 3.8) is 0 Å². The summed E-state index contributed by atoms with van der Waals surface area (Å²) in [4.78, 5) is 13.4. The van der Waals surface area contributed by atoms with Crippen molar-refractivity contribution in [2.24, 2.45) is 0 Å². The van der Waals surface area contributed by atoms with Crippen molar-refractivity contribution in [3.05, 3.63) is 205 Å². The van der Waals surface area contributed by atoms with Crippen molar-refractivity contribution in [1.29, 1.82) is 0 Å². The smallest absolute Gasteiger partial charge is 0.331 e. The van der Waals surface area contributed by atoms with Gasteiger partial charge in [0.2, 0.25) is 0 Å². The number of hydrogen-bond acceptors (Lipinski definition) is 3. The van der Waals surface area contributed by atoms with Crippen LogP contribution in [0.5, 0.6) is 0 Å². The monoisotopic (exact) mass is 862 g/mol. The molecule has 7 aromatic rings. The highest BCUT2D eigenvalue weighted by Crippen LogP contribution is 2.44. The average Bonchev–Trinajstić information content (AvgIpc) is 3.23. The van der Waals surface area contributed by atoms with Gasteiger partial charge in [0, 0.05) is 11.5 Å². The highest BCUT2D eigenvalue weighted by molar-refractivity contribution is 7.88. The summed E-state index contributed by atoms with van der Waals surface area (Å²) in [7, 11) is -0.381. The summed E-state index contributed by atoms with van der Waals surface area (Å²) in [6, 6.07) is 44.0. The van der Waals surface area contributed by atoms with Crippen LogP contribution in [-0.4, -0.2) is 17.3 Å². The number of methoxy groups -OCH3 is 1. The first kappa shape index (κ1) is 45.9. The Morgan fingerprint density at radius 3 is 1.05 bits per heavy atom. The van der Waals surface area contributed by atoms with Gasteiger partial charge in [0.15, 0.2) is 0 Å². The predicted molar refractivity (Wildman–Crippen MR) is 271 cm³/mol. The molecule has 0 aliphatic carbocycles. The number of esters is 1. The van der Waals surface area contributed by atoms with Crippen LogP contribution in [0.4, 0.5) is 0 Å². The molecule has 4 heteroatoms. The van der Waals surface area contributed by atoms with E-state index in [1.807, 2.05) is 0 Å². The van der Waals surface area contributed by atoms with E-state index in [4.69, 9.17) is 4.74 Å². The Hall–Kier alpha value is -6.10. The third kappa shape index (κ3) is 9.26. The van der Waals surface area contributed by atoms with Gasteiger partial charge in [-0.05, 0) is 190 Å². The third-order valence-corrected chi connectivity index (χ3v) is 14.2. The summed E-state index contributed by atoms with van der Waals surface area (Å²) in [5, 5.41) is 1.51. The normalized spacial score (nSPS) is 12.2. The molecule has 7 rings (SSSR count).